The molecule has 2 N–H and O–H groups in total. The van der Waals surface area contributed by atoms with Crippen LogP contribution in [-0.2, 0) is 14.8 Å². The van der Waals surface area contributed by atoms with Gasteiger partial charge in [0.1, 0.15) is 4.90 Å². The number of hydrogen-bond donors (Lipinski definition) is 2. The van der Waals surface area contributed by atoms with Gasteiger partial charge in [0.2, 0.25) is 15.9 Å². The van der Waals surface area contributed by atoms with Crippen molar-refractivity contribution >= 4 is 50.7 Å². The van der Waals surface area contributed by atoms with Crippen molar-refractivity contribution < 1.29 is 18.0 Å². The molecule has 10 heteroatoms. The van der Waals surface area contributed by atoms with E-state index in [2.05, 4.69) is 10.6 Å². The van der Waals surface area contributed by atoms with Gasteiger partial charge in [-0.3, -0.25) is 9.59 Å². The first-order valence-corrected chi connectivity index (χ1v) is 12.6. The lowest BCUT2D eigenvalue weighted by Gasteiger charge is -2.30. The Hall–Kier alpha value is -2.13. The molecule has 4 rings (SSSR count). The third-order valence-electron chi connectivity index (χ3n) is 5.66. The zero-order valence-corrected chi connectivity index (χ0v) is 19.5. The molecule has 170 valence electrons. The lowest BCUT2D eigenvalue weighted by Crippen LogP contribution is -2.41. The maximum absolute atomic E-state index is 12.9. The second kappa shape index (κ2) is 9.39. The maximum atomic E-state index is 12.9. The summed E-state index contributed by atoms with van der Waals surface area (Å²) in [7, 11) is -3.79. The zero-order chi connectivity index (χ0) is 22.9. The molecule has 2 fully saturated rings. The Bertz CT molecular complexity index is 1130. The van der Waals surface area contributed by atoms with Crippen molar-refractivity contribution in [2.75, 3.05) is 18.4 Å². The van der Waals surface area contributed by atoms with Crippen molar-refractivity contribution in [3.8, 4) is 0 Å². The Kier molecular flexibility index (Phi) is 6.76. The standard InChI is InChI=1S/C22H23Cl2N3O4S/c23-16-3-8-19(24)20(13-16)32(30,31)27-11-9-15(10-12-27)22(29)25-17-4-1-14(2-5-17)21(28)26-18-6-7-18/h1-5,8,13,15,18H,6-7,9-12H2,(H,25,29)(H,26,28). The normalized spacial score (nSPS) is 17.7. The van der Waals surface area contributed by atoms with Crippen LogP contribution in [0.4, 0.5) is 5.69 Å². The van der Waals surface area contributed by atoms with Crippen LogP contribution < -0.4 is 10.6 Å². The second-order valence-corrected chi connectivity index (χ2v) is 10.8. The number of amides is 2. The van der Waals surface area contributed by atoms with Gasteiger partial charge in [0.05, 0.1) is 5.02 Å². The highest BCUT2D eigenvalue weighted by Crippen LogP contribution is 2.30. The van der Waals surface area contributed by atoms with Crippen molar-refractivity contribution in [3.05, 3.63) is 58.1 Å². The Balaban J connectivity index is 1.33. The molecule has 0 bridgehead atoms. The number of carbonyl (C=O) groups is 2. The quantitative estimate of drug-likeness (QED) is 0.634. The molecule has 0 aromatic heterocycles. The average Bonchev–Trinajstić information content (AvgIpc) is 3.60. The molecule has 2 amide bonds. The summed E-state index contributed by atoms with van der Waals surface area (Å²) in [6.45, 7) is 0.424. The highest BCUT2D eigenvalue weighted by molar-refractivity contribution is 7.89. The summed E-state index contributed by atoms with van der Waals surface area (Å²) in [5.41, 5.74) is 1.15. The Morgan fingerprint density at radius 2 is 1.59 bits per heavy atom. The third-order valence-corrected chi connectivity index (χ3v) is 8.28. The fraction of sp³-hybridized carbons (Fsp3) is 0.364. The molecule has 2 aliphatic rings. The summed E-state index contributed by atoms with van der Waals surface area (Å²) in [5.74, 6) is -0.592. The molecule has 1 aliphatic heterocycles. The summed E-state index contributed by atoms with van der Waals surface area (Å²) in [4.78, 5) is 24.7. The van der Waals surface area contributed by atoms with Gasteiger partial charge in [-0.25, -0.2) is 8.42 Å². The molecule has 0 atom stereocenters. The van der Waals surface area contributed by atoms with Crippen LogP contribution in [0.5, 0.6) is 0 Å². The molecule has 1 heterocycles. The first kappa shape index (κ1) is 23.0. The van der Waals surface area contributed by atoms with E-state index < -0.39 is 10.0 Å². The van der Waals surface area contributed by atoms with Crippen LogP contribution in [0.1, 0.15) is 36.0 Å². The predicted molar refractivity (Wildman–Crippen MR) is 124 cm³/mol. The summed E-state index contributed by atoms with van der Waals surface area (Å²) in [5, 5.41) is 6.18. The van der Waals surface area contributed by atoms with E-state index in [4.69, 9.17) is 23.2 Å². The van der Waals surface area contributed by atoms with E-state index >= 15 is 0 Å². The molecule has 1 aliphatic carbocycles. The molecule has 7 nitrogen and oxygen atoms in total. The number of rotatable bonds is 6. The molecular weight excluding hydrogens is 473 g/mol. The van der Waals surface area contributed by atoms with Crippen LogP contribution in [0.25, 0.3) is 0 Å². The van der Waals surface area contributed by atoms with Gasteiger partial charge in [-0.1, -0.05) is 23.2 Å². The zero-order valence-electron chi connectivity index (χ0n) is 17.2. The van der Waals surface area contributed by atoms with Crippen LogP contribution in [0.2, 0.25) is 10.0 Å². The number of halogens is 2. The summed E-state index contributed by atoms with van der Waals surface area (Å²) in [6, 6.07) is 11.4. The van der Waals surface area contributed by atoms with Gasteiger partial charge in [0, 0.05) is 41.3 Å². The van der Waals surface area contributed by atoms with Gasteiger partial charge >= 0.3 is 0 Å². The molecule has 0 spiro atoms. The van der Waals surface area contributed by atoms with Gasteiger partial charge in [0.15, 0.2) is 0 Å². The van der Waals surface area contributed by atoms with Gasteiger partial charge in [-0.15, -0.1) is 0 Å². The van der Waals surface area contributed by atoms with Crippen LogP contribution in [-0.4, -0.2) is 43.7 Å². The topological polar surface area (TPSA) is 95.6 Å². The SMILES string of the molecule is O=C(NC1CC1)c1ccc(NC(=O)C2CCN(S(=O)(=O)c3cc(Cl)ccc3Cl)CC2)cc1. The minimum atomic E-state index is -3.79. The first-order chi connectivity index (χ1) is 15.2. The van der Waals surface area contributed by atoms with Gasteiger partial charge in [-0.05, 0) is 68.1 Å². The van der Waals surface area contributed by atoms with E-state index in [-0.39, 0.29) is 46.8 Å². The van der Waals surface area contributed by atoms with Crippen LogP contribution in [0.15, 0.2) is 47.4 Å². The van der Waals surface area contributed by atoms with Gasteiger partial charge in [-0.2, -0.15) is 4.31 Å². The molecule has 2 aromatic rings. The number of nitrogens with zero attached hydrogens (tertiary/aromatic N) is 1. The minimum Gasteiger partial charge on any atom is -0.349 e. The van der Waals surface area contributed by atoms with Crippen LogP contribution in [0.3, 0.4) is 0 Å². The van der Waals surface area contributed by atoms with Crippen molar-refractivity contribution in [1.82, 2.24) is 9.62 Å². The Morgan fingerprint density at radius 1 is 0.938 bits per heavy atom. The number of anilines is 1. The molecule has 2 aromatic carbocycles. The highest BCUT2D eigenvalue weighted by Gasteiger charge is 2.33. The lowest BCUT2D eigenvalue weighted by atomic mass is 9.97. The number of benzene rings is 2. The average molecular weight is 496 g/mol. The van der Waals surface area contributed by atoms with E-state index in [0.29, 0.717) is 29.1 Å². The highest BCUT2D eigenvalue weighted by atomic mass is 35.5. The predicted octanol–water partition coefficient (Wildman–Crippen LogP) is 3.93. The number of hydrogen-bond acceptors (Lipinski definition) is 4. The number of sulfonamides is 1. The van der Waals surface area contributed by atoms with E-state index in [1.165, 1.54) is 22.5 Å². The van der Waals surface area contributed by atoms with Gasteiger partial charge in [0.25, 0.3) is 5.91 Å². The van der Waals surface area contributed by atoms with Crippen molar-refractivity contribution in [3.63, 3.8) is 0 Å². The van der Waals surface area contributed by atoms with Crippen LogP contribution >= 0.6 is 23.2 Å². The monoisotopic (exact) mass is 495 g/mol. The summed E-state index contributed by atoms with van der Waals surface area (Å²) < 4.78 is 27.2. The molecule has 0 radical (unpaired) electrons. The second-order valence-electron chi connectivity index (χ2n) is 8.07. The number of carbonyl (C=O) groups excluding carboxylic acids is 2. The van der Waals surface area contributed by atoms with Gasteiger partial charge < -0.3 is 10.6 Å². The smallest absolute Gasteiger partial charge is 0.251 e. The number of nitrogens with one attached hydrogen (secondary N) is 2. The van der Waals surface area contributed by atoms with E-state index in [1.54, 1.807) is 24.3 Å². The maximum Gasteiger partial charge on any atom is 0.251 e. The molecular formula is C22H23Cl2N3O4S. The summed E-state index contributed by atoms with van der Waals surface area (Å²) in [6.07, 6.45) is 2.83. The number of piperidine rings is 1. The van der Waals surface area contributed by atoms with Crippen molar-refractivity contribution in [2.24, 2.45) is 5.92 Å². The lowest BCUT2D eigenvalue weighted by molar-refractivity contribution is -0.120. The summed E-state index contributed by atoms with van der Waals surface area (Å²) >= 11 is 12.0. The fourth-order valence-electron chi connectivity index (χ4n) is 3.62. The first-order valence-electron chi connectivity index (χ1n) is 10.4. The Morgan fingerprint density at radius 3 is 2.22 bits per heavy atom. The Labute approximate surface area is 197 Å². The third kappa shape index (κ3) is 5.26. The fourth-order valence-corrected chi connectivity index (χ4v) is 5.82. The largest absolute Gasteiger partial charge is 0.349 e. The molecule has 1 saturated carbocycles. The van der Waals surface area contributed by atoms with Crippen molar-refractivity contribution in [1.29, 1.82) is 0 Å². The molecule has 32 heavy (non-hydrogen) atoms. The van der Waals surface area contributed by atoms with E-state index in [0.717, 1.165) is 12.8 Å². The van der Waals surface area contributed by atoms with E-state index in [9.17, 15) is 18.0 Å². The van der Waals surface area contributed by atoms with Crippen molar-refractivity contribution in [2.45, 2.75) is 36.6 Å². The van der Waals surface area contributed by atoms with E-state index in [1.807, 2.05) is 0 Å². The molecule has 1 saturated heterocycles. The van der Waals surface area contributed by atoms with Crippen LogP contribution in [0, 0.1) is 5.92 Å². The minimum absolute atomic E-state index is 0.0274. The molecule has 0 unspecified atom stereocenters.